The van der Waals surface area contributed by atoms with E-state index in [9.17, 15) is 76.6 Å². The highest BCUT2D eigenvalue weighted by atomic mass is 16.6. The summed E-state index contributed by atoms with van der Waals surface area (Å²) >= 11 is 0. The molecule has 19 nitrogen and oxygen atoms in total. The molecule has 15 N–H and O–H groups in total. The molecule has 0 saturated carbocycles. The maximum atomic E-state index is 12.0. The fraction of sp³-hybridized carbons (Fsp3) is 0.296. The molecule has 382 valence electrons. The normalized spacial score (nSPS) is 29.6. The van der Waals surface area contributed by atoms with Gasteiger partial charge in [-0.25, -0.2) is 0 Å². The van der Waals surface area contributed by atoms with Gasteiger partial charge in [0.1, 0.15) is 125 Å². The smallest absolute Gasteiger partial charge is 0.135 e. The quantitative estimate of drug-likeness (QED) is 0.0875. The van der Waals surface area contributed by atoms with Crippen LogP contribution in [0.15, 0.2) is 103 Å². The lowest BCUT2D eigenvalue weighted by atomic mass is 9.80. The summed E-state index contributed by atoms with van der Waals surface area (Å²) in [5.74, 6) is -3.50. The van der Waals surface area contributed by atoms with Gasteiger partial charge >= 0.3 is 0 Å². The molecule has 0 bridgehead atoms. The molecule has 0 aromatic heterocycles. The molecular weight excluding hydrogens is 953 g/mol. The molecular formula is C54H52O19. The molecule has 14 atom stereocenters. The number of rotatable bonds is 10. The van der Waals surface area contributed by atoms with Gasteiger partial charge in [-0.2, -0.15) is 0 Å². The minimum atomic E-state index is -1.84. The van der Waals surface area contributed by atoms with Crippen LogP contribution in [0.25, 0.3) is 12.2 Å². The summed E-state index contributed by atoms with van der Waals surface area (Å²) in [4.78, 5) is 0. The lowest BCUT2D eigenvalue weighted by Crippen LogP contribution is -2.55. The molecule has 0 unspecified atom stereocenters. The number of aliphatic hydroxyl groups is 8. The standard InChI is InChI=1S/C54H52O19/c55-20-37-44(64)46(66)48(68)53(71-37)42-33(61)17-27(18-34(42)62)39-32-13-22(2-12-36(32)70-50(39)23-4-8-28(57)9-5-23)1-3-25-16-35(63)43(54-49(69)47(67)45(65)38(21-56)72-54)52-40(25)41(26-14-30(59)19-31(60)15-26)51(73-52)24-6-10-29(58)11-7-24/h1-19,37-39,41,44-51,53-69H,20-21H2/b3-1+/t37-,38-,39-,41-,44-,45-,46+,47+,48-,49-,50+,51+,53+,54+/m1/s1. The number of benzene rings is 6. The monoisotopic (exact) mass is 1000 g/mol. The lowest BCUT2D eigenvalue weighted by molar-refractivity contribution is -0.232. The molecule has 6 aromatic carbocycles. The van der Waals surface area contributed by atoms with Crippen LogP contribution in [0, 0.1) is 0 Å². The number of hydrogen-bond acceptors (Lipinski definition) is 19. The molecule has 4 heterocycles. The van der Waals surface area contributed by atoms with Crippen molar-refractivity contribution in [3.05, 3.63) is 159 Å². The average molecular weight is 1000 g/mol. The Balaban J connectivity index is 1.10. The number of aliphatic hydroxyl groups excluding tert-OH is 8. The first-order chi connectivity index (χ1) is 35.0. The molecule has 0 aliphatic carbocycles. The maximum absolute atomic E-state index is 12.0. The zero-order valence-electron chi connectivity index (χ0n) is 38.3. The van der Waals surface area contributed by atoms with Gasteiger partial charge in [0.2, 0.25) is 0 Å². The van der Waals surface area contributed by atoms with Crippen LogP contribution < -0.4 is 9.47 Å². The SMILES string of the molecule is OC[C@H]1O[C@@H](c2c(O)cc([C@@H]3c4cc(/C=C/c5cc(O)c([C@@H]6O[C@H](CO)[C@@H](O)[C@H](O)[C@H]6O)c6c5[C@@H](c5cc(O)cc(O)c5)[C@H](c5ccc(O)cc5)O6)ccc4O[C@H]3c3ccc(O)cc3)cc2O)[C@H](O)[C@@H](O)[C@@H]1O. The zero-order chi connectivity index (χ0) is 51.7. The Kier molecular flexibility index (Phi) is 13.1. The number of phenolic OH excluding ortho intramolecular Hbond substituents is 7. The van der Waals surface area contributed by atoms with E-state index in [1.165, 1.54) is 54.6 Å². The molecule has 2 fully saturated rings. The summed E-state index contributed by atoms with van der Waals surface area (Å²) in [6.45, 7) is -1.50. The summed E-state index contributed by atoms with van der Waals surface area (Å²) < 4.78 is 24.9. The van der Waals surface area contributed by atoms with Crippen molar-refractivity contribution in [2.24, 2.45) is 0 Å². The second-order valence-corrected chi connectivity index (χ2v) is 18.7. The fourth-order valence-corrected chi connectivity index (χ4v) is 10.6. The number of ether oxygens (including phenoxy) is 4. The van der Waals surface area contributed by atoms with Gasteiger partial charge in [0.25, 0.3) is 0 Å². The first-order valence-corrected chi connectivity index (χ1v) is 23.3. The van der Waals surface area contributed by atoms with E-state index >= 15 is 0 Å². The second kappa shape index (κ2) is 19.4. The topological polar surface area (TPSA) is 340 Å². The number of aromatic hydroxyl groups is 7. The molecule has 19 heteroatoms. The lowest BCUT2D eigenvalue weighted by Gasteiger charge is -2.40. The van der Waals surface area contributed by atoms with Crippen molar-refractivity contribution < 1.29 is 95.5 Å². The molecule has 10 rings (SSSR count). The van der Waals surface area contributed by atoms with Gasteiger partial charge in [-0.3, -0.25) is 0 Å². The van der Waals surface area contributed by atoms with E-state index in [4.69, 9.17) is 18.9 Å². The van der Waals surface area contributed by atoms with E-state index in [1.54, 1.807) is 54.6 Å². The van der Waals surface area contributed by atoms with Gasteiger partial charge < -0.3 is 95.5 Å². The molecule has 6 aromatic rings. The summed E-state index contributed by atoms with van der Waals surface area (Å²) in [5, 5.41) is 162. The first kappa shape index (κ1) is 49.4. The predicted octanol–water partition coefficient (Wildman–Crippen LogP) is 3.36. The van der Waals surface area contributed by atoms with Gasteiger partial charge in [0, 0.05) is 17.2 Å². The third-order valence-electron chi connectivity index (χ3n) is 14.2. The van der Waals surface area contributed by atoms with Gasteiger partial charge in [-0.15, -0.1) is 0 Å². The Hall–Kier alpha value is -7.14. The highest BCUT2D eigenvalue weighted by molar-refractivity contribution is 5.78. The molecule has 0 radical (unpaired) electrons. The summed E-state index contributed by atoms with van der Waals surface area (Å²) in [6, 6.07) is 25.6. The molecule has 73 heavy (non-hydrogen) atoms. The van der Waals surface area contributed by atoms with Crippen LogP contribution in [0.3, 0.4) is 0 Å². The first-order valence-electron chi connectivity index (χ1n) is 23.3. The van der Waals surface area contributed by atoms with Crippen LogP contribution >= 0.6 is 0 Å². The van der Waals surface area contributed by atoms with Crippen LogP contribution in [0.1, 0.15) is 91.9 Å². The minimum Gasteiger partial charge on any atom is -0.508 e. The fourth-order valence-electron chi connectivity index (χ4n) is 10.6. The van der Waals surface area contributed by atoms with Gasteiger partial charge in [-0.05, 0) is 100 Å². The number of fused-ring (bicyclic) bond motifs is 2. The summed E-state index contributed by atoms with van der Waals surface area (Å²) in [5.41, 5.74) is 3.12. The van der Waals surface area contributed by atoms with E-state index < -0.39 is 116 Å². The Labute approximate surface area is 415 Å². The highest BCUT2D eigenvalue weighted by Crippen LogP contribution is 2.58. The van der Waals surface area contributed by atoms with Crippen LogP contribution in [0.2, 0.25) is 0 Å². The average Bonchev–Trinajstić information content (AvgIpc) is 3.95. The maximum Gasteiger partial charge on any atom is 0.135 e. The number of hydrogen-bond donors (Lipinski definition) is 15. The predicted molar refractivity (Wildman–Crippen MR) is 255 cm³/mol. The van der Waals surface area contributed by atoms with Crippen molar-refractivity contribution >= 4 is 12.2 Å². The number of phenols is 7. The van der Waals surface area contributed by atoms with Crippen LogP contribution in [0.5, 0.6) is 51.7 Å². The summed E-state index contributed by atoms with van der Waals surface area (Å²) in [7, 11) is 0. The van der Waals surface area contributed by atoms with Crippen molar-refractivity contribution in [2.45, 2.75) is 85.1 Å². The molecule has 4 aliphatic heterocycles. The third kappa shape index (κ3) is 8.78. The van der Waals surface area contributed by atoms with Gasteiger partial charge in [-0.1, -0.05) is 42.5 Å². The summed E-state index contributed by atoms with van der Waals surface area (Å²) in [6.07, 6.45) is -14.9. The van der Waals surface area contributed by atoms with E-state index in [2.05, 4.69) is 0 Å². The second-order valence-electron chi connectivity index (χ2n) is 18.7. The van der Waals surface area contributed by atoms with E-state index in [-0.39, 0.29) is 39.9 Å². The Morgan fingerprint density at radius 3 is 1.42 bits per heavy atom. The Morgan fingerprint density at radius 1 is 0.397 bits per heavy atom. The molecule has 0 spiro atoms. The van der Waals surface area contributed by atoms with E-state index in [0.717, 1.165) is 6.07 Å². The van der Waals surface area contributed by atoms with Crippen LogP contribution in [-0.4, -0.2) is 139 Å². The van der Waals surface area contributed by atoms with Crippen molar-refractivity contribution in [3.8, 4) is 51.7 Å². The van der Waals surface area contributed by atoms with Crippen molar-refractivity contribution in [3.63, 3.8) is 0 Å². The van der Waals surface area contributed by atoms with Crippen LogP contribution in [0.4, 0.5) is 0 Å². The largest absolute Gasteiger partial charge is 0.508 e. The van der Waals surface area contributed by atoms with Crippen molar-refractivity contribution in [1.29, 1.82) is 0 Å². The van der Waals surface area contributed by atoms with E-state index in [0.29, 0.717) is 50.3 Å². The molecule has 4 aliphatic rings. The van der Waals surface area contributed by atoms with E-state index in [1.807, 2.05) is 0 Å². The molecule has 2 saturated heterocycles. The molecule has 0 amide bonds. The van der Waals surface area contributed by atoms with Crippen molar-refractivity contribution in [1.82, 2.24) is 0 Å². The van der Waals surface area contributed by atoms with Gasteiger partial charge in [0.05, 0.1) is 36.2 Å². The zero-order valence-corrected chi connectivity index (χ0v) is 38.3. The Morgan fingerprint density at radius 2 is 0.890 bits per heavy atom. The van der Waals surface area contributed by atoms with Crippen LogP contribution in [-0.2, 0) is 9.47 Å². The Bertz CT molecular complexity index is 3000. The third-order valence-corrected chi connectivity index (χ3v) is 14.2. The van der Waals surface area contributed by atoms with Crippen molar-refractivity contribution in [2.75, 3.05) is 13.2 Å². The minimum absolute atomic E-state index is 0.0101. The van der Waals surface area contributed by atoms with Gasteiger partial charge in [0.15, 0.2) is 0 Å². The highest BCUT2D eigenvalue weighted by Gasteiger charge is 2.50.